The topological polar surface area (TPSA) is 40.5 Å². The van der Waals surface area contributed by atoms with E-state index in [0.29, 0.717) is 0 Å². The van der Waals surface area contributed by atoms with Crippen LogP contribution in [0, 0.1) is 11.6 Å². The smallest absolute Gasteiger partial charge is 0.164 e. The highest BCUT2D eigenvalue weighted by atomic mass is 19.1. The fourth-order valence-corrected chi connectivity index (χ4v) is 3.03. The highest BCUT2D eigenvalue weighted by Crippen LogP contribution is 2.40. The molecule has 0 saturated heterocycles. The van der Waals surface area contributed by atoms with Gasteiger partial charge in [-0.15, -0.1) is 0 Å². The summed E-state index contributed by atoms with van der Waals surface area (Å²) in [6.45, 7) is 4.02. The number of hydrogen-bond acceptors (Lipinski definition) is 2. The van der Waals surface area contributed by atoms with Crippen molar-refractivity contribution in [3.8, 4) is 11.5 Å². The normalized spacial score (nSPS) is 13.8. The minimum atomic E-state index is -0.647. The SMILES string of the molecule is CCC(c1ccc(F)c(O)c1)C(CC)c1ccc(F)c(O)c1. The molecule has 0 aliphatic heterocycles. The van der Waals surface area contributed by atoms with Gasteiger partial charge in [-0.2, -0.15) is 0 Å². The molecular formula is C18H20F2O2. The van der Waals surface area contributed by atoms with Crippen LogP contribution in [0.5, 0.6) is 11.5 Å². The Balaban J connectivity index is 2.41. The summed E-state index contributed by atoms with van der Waals surface area (Å²) < 4.78 is 26.5. The summed E-state index contributed by atoms with van der Waals surface area (Å²) in [5.41, 5.74) is 1.66. The highest BCUT2D eigenvalue weighted by molar-refractivity contribution is 5.37. The molecule has 2 aromatic carbocycles. The number of aromatic hydroxyl groups is 2. The van der Waals surface area contributed by atoms with Gasteiger partial charge in [-0.3, -0.25) is 0 Å². The second-order valence-corrected chi connectivity index (χ2v) is 5.45. The van der Waals surface area contributed by atoms with E-state index in [4.69, 9.17) is 0 Å². The van der Waals surface area contributed by atoms with Crippen LogP contribution in [-0.2, 0) is 0 Å². The lowest BCUT2D eigenvalue weighted by atomic mass is 9.78. The Bertz CT molecular complexity index is 598. The van der Waals surface area contributed by atoms with Gasteiger partial charge < -0.3 is 10.2 Å². The van der Waals surface area contributed by atoms with Crippen LogP contribution in [0.3, 0.4) is 0 Å². The summed E-state index contributed by atoms with van der Waals surface area (Å²) in [4.78, 5) is 0. The Kier molecular flexibility index (Phi) is 5.01. The maximum absolute atomic E-state index is 13.2. The molecule has 0 bridgehead atoms. The van der Waals surface area contributed by atoms with E-state index in [1.54, 1.807) is 12.1 Å². The zero-order valence-corrected chi connectivity index (χ0v) is 12.7. The van der Waals surface area contributed by atoms with Crippen LogP contribution in [0.25, 0.3) is 0 Å². The van der Waals surface area contributed by atoms with Gasteiger partial charge in [0, 0.05) is 0 Å². The van der Waals surface area contributed by atoms with Crippen LogP contribution in [0.2, 0.25) is 0 Å². The van der Waals surface area contributed by atoms with Gasteiger partial charge in [0.1, 0.15) is 0 Å². The molecule has 2 N–H and O–H groups in total. The van der Waals surface area contributed by atoms with Gasteiger partial charge in [-0.25, -0.2) is 8.78 Å². The van der Waals surface area contributed by atoms with Crippen molar-refractivity contribution in [2.75, 3.05) is 0 Å². The van der Waals surface area contributed by atoms with Crippen molar-refractivity contribution in [2.45, 2.75) is 38.5 Å². The lowest BCUT2D eigenvalue weighted by Crippen LogP contribution is -2.10. The molecule has 0 saturated carbocycles. The number of phenols is 2. The second kappa shape index (κ2) is 6.77. The molecule has 0 fully saturated rings. The van der Waals surface area contributed by atoms with Gasteiger partial charge in [0.25, 0.3) is 0 Å². The standard InChI is InChI=1S/C18H20F2O2/c1-3-13(11-5-7-15(19)17(21)9-11)14(4-2)12-6-8-16(20)18(22)10-12/h5-10,13-14,21-22H,3-4H2,1-2H3. The molecular weight excluding hydrogens is 286 g/mol. The first kappa shape index (κ1) is 16.3. The Hall–Kier alpha value is -2.10. The number of benzene rings is 2. The van der Waals surface area contributed by atoms with Crippen LogP contribution in [0.15, 0.2) is 36.4 Å². The highest BCUT2D eigenvalue weighted by Gasteiger charge is 2.23. The Morgan fingerprint density at radius 3 is 1.41 bits per heavy atom. The molecule has 0 aliphatic rings. The zero-order chi connectivity index (χ0) is 16.3. The molecule has 2 atom stereocenters. The van der Waals surface area contributed by atoms with Crippen LogP contribution in [-0.4, -0.2) is 10.2 Å². The van der Waals surface area contributed by atoms with Gasteiger partial charge >= 0.3 is 0 Å². The van der Waals surface area contributed by atoms with Gasteiger partial charge in [0.15, 0.2) is 23.1 Å². The van der Waals surface area contributed by atoms with Crippen molar-refractivity contribution in [1.29, 1.82) is 0 Å². The van der Waals surface area contributed by atoms with Crippen LogP contribution >= 0.6 is 0 Å². The molecule has 22 heavy (non-hydrogen) atoms. The minimum Gasteiger partial charge on any atom is -0.505 e. The number of rotatable bonds is 5. The first-order chi connectivity index (χ1) is 10.5. The summed E-state index contributed by atoms with van der Waals surface area (Å²) in [5.74, 6) is -1.94. The third-order valence-electron chi connectivity index (χ3n) is 4.16. The molecule has 2 rings (SSSR count). The third-order valence-corrected chi connectivity index (χ3v) is 4.16. The first-order valence-corrected chi connectivity index (χ1v) is 7.44. The van der Waals surface area contributed by atoms with Gasteiger partial charge in [0.2, 0.25) is 0 Å². The molecule has 4 heteroatoms. The fourth-order valence-electron chi connectivity index (χ4n) is 3.03. The van der Waals surface area contributed by atoms with E-state index in [0.717, 1.165) is 24.0 Å². The number of halogens is 2. The quantitative estimate of drug-likeness (QED) is 0.810. The Labute approximate surface area is 129 Å². The predicted octanol–water partition coefficient (Wildman–Crippen LogP) is 5.06. The summed E-state index contributed by atoms with van der Waals surface area (Å²) in [7, 11) is 0. The summed E-state index contributed by atoms with van der Waals surface area (Å²) in [6.07, 6.45) is 1.56. The van der Waals surface area contributed by atoms with Crippen molar-refractivity contribution >= 4 is 0 Å². The van der Waals surface area contributed by atoms with E-state index >= 15 is 0 Å². The molecule has 0 heterocycles. The van der Waals surface area contributed by atoms with Gasteiger partial charge in [-0.05, 0) is 60.1 Å². The maximum atomic E-state index is 13.2. The van der Waals surface area contributed by atoms with E-state index in [-0.39, 0.29) is 23.3 Å². The summed E-state index contributed by atoms with van der Waals surface area (Å²) in [6, 6.07) is 8.71. The van der Waals surface area contributed by atoms with E-state index in [9.17, 15) is 19.0 Å². The van der Waals surface area contributed by atoms with Crippen molar-refractivity contribution < 1.29 is 19.0 Å². The average molecular weight is 306 g/mol. The maximum Gasteiger partial charge on any atom is 0.164 e. The Morgan fingerprint density at radius 1 is 0.773 bits per heavy atom. The second-order valence-electron chi connectivity index (χ2n) is 5.45. The van der Waals surface area contributed by atoms with Crippen molar-refractivity contribution in [2.24, 2.45) is 0 Å². The molecule has 2 nitrogen and oxygen atoms in total. The molecule has 0 amide bonds. The van der Waals surface area contributed by atoms with E-state index in [2.05, 4.69) is 0 Å². The van der Waals surface area contributed by atoms with Crippen molar-refractivity contribution in [3.05, 3.63) is 59.2 Å². The Morgan fingerprint density at radius 2 is 1.14 bits per heavy atom. The summed E-state index contributed by atoms with van der Waals surface area (Å²) >= 11 is 0. The fraction of sp³-hybridized carbons (Fsp3) is 0.333. The lowest BCUT2D eigenvalue weighted by Gasteiger charge is -2.26. The largest absolute Gasteiger partial charge is 0.505 e. The molecule has 0 aromatic heterocycles. The van der Waals surface area contributed by atoms with E-state index in [1.165, 1.54) is 24.3 Å². The number of hydrogen-bond donors (Lipinski definition) is 2. The number of phenolic OH excluding ortho intramolecular Hbond substituents is 2. The van der Waals surface area contributed by atoms with Crippen molar-refractivity contribution in [3.63, 3.8) is 0 Å². The van der Waals surface area contributed by atoms with Gasteiger partial charge in [0.05, 0.1) is 0 Å². The lowest BCUT2D eigenvalue weighted by molar-refractivity contribution is 0.424. The van der Waals surface area contributed by atoms with E-state index < -0.39 is 11.6 Å². The predicted molar refractivity (Wildman–Crippen MR) is 82.2 cm³/mol. The van der Waals surface area contributed by atoms with Crippen LogP contribution in [0.4, 0.5) is 8.78 Å². The van der Waals surface area contributed by atoms with Crippen molar-refractivity contribution in [1.82, 2.24) is 0 Å². The van der Waals surface area contributed by atoms with Crippen LogP contribution in [0.1, 0.15) is 49.7 Å². The third kappa shape index (κ3) is 3.21. The zero-order valence-electron chi connectivity index (χ0n) is 12.7. The molecule has 0 aliphatic carbocycles. The first-order valence-electron chi connectivity index (χ1n) is 7.44. The monoisotopic (exact) mass is 306 g/mol. The van der Waals surface area contributed by atoms with Crippen LogP contribution < -0.4 is 0 Å². The molecule has 118 valence electrons. The molecule has 2 unspecified atom stereocenters. The molecule has 0 radical (unpaired) electrons. The summed E-state index contributed by atoms with van der Waals surface area (Å²) in [5, 5.41) is 19.2. The van der Waals surface area contributed by atoms with E-state index in [1.807, 2.05) is 13.8 Å². The molecule has 0 spiro atoms. The minimum absolute atomic E-state index is 0.0429. The molecule has 2 aromatic rings. The van der Waals surface area contributed by atoms with Gasteiger partial charge in [-0.1, -0.05) is 26.0 Å². The average Bonchev–Trinajstić information content (AvgIpc) is 2.50.